The molecule has 3 aromatic rings. The number of rotatable bonds is 1. The van der Waals surface area contributed by atoms with Gasteiger partial charge in [0.1, 0.15) is 5.82 Å². The van der Waals surface area contributed by atoms with Crippen molar-refractivity contribution in [3.8, 4) is 11.4 Å². The van der Waals surface area contributed by atoms with Gasteiger partial charge in [0.05, 0.1) is 16.9 Å². The topological polar surface area (TPSA) is 25.8 Å². The van der Waals surface area contributed by atoms with Crippen LogP contribution >= 0.6 is 0 Å². The number of fused-ring (bicyclic) bond motifs is 1. The summed E-state index contributed by atoms with van der Waals surface area (Å²) < 4.78 is 13.1. The minimum absolute atomic E-state index is 0.244. The highest BCUT2D eigenvalue weighted by Gasteiger charge is 2.05. The summed E-state index contributed by atoms with van der Waals surface area (Å²) in [5.41, 5.74) is 4.56. The van der Waals surface area contributed by atoms with E-state index in [1.54, 1.807) is 6.07 Å². The van der Waals surface area contributed by atoms with E-state index in [-0.39, 0.29) is 5.82 Å². The number of halogens is 1. The molecule has 94 valence electrons. The summed E-state index contributed by atoms with van der Waals surface area (Å²) in [6.45, 7) is 4.00. The van der Waals surface area contributed by atoms with Crippen molar-refractivity contribution in [2.75, 3.05) is 0 Å². The van der Waals surface area contributed by atoms with Gasteiger partial charge in [-0.2, -0.15) is 0 Å². The first-order chi connectivity index (χ1) is 9.11. The Kier molecular flexibility index (Phi) is 2.75. The van der Waals surface area contributed by atoms with E-state index in [1.807, 2.05) is 38.1 Å². The number of hydrogen-bond acceptors (Lipinski definition) is 2. The highest BCUT2D eigenvalue weighted by Crippen LogP contribution is 2.21. The van der Waals surface area contributed by atoms with Crippen LogP contribution < -0.4 is 0 Å². The van der Waals surface area contributed by atoms with Crippen molar-refractivity contribution in [2.45, 2.75) is 13.8 Å². The molecule has 0 aliphatic carbocycles. The SMILES string of the molecule is Cc1cc(C)nc(-c2ccc3cc(F)ccc3n2)c1. The predicted octanol–water partition coefficient (Wildman–Crippen LogP) is 4.05. The fourth-order valence-electron chi connectivity index (χ4n) is 2.21. The molecule has 19 heavy (non-hydrogen) atoms. The van der Waals surface area contributed by atoms with E-state index in [2.05, 4.69) is 9.97 Å². The lowest BCUT2D eigenvalue weighted by Gasteiger charge is -2.05. The number of pyridine rings is 2. The van der Waals surface area contributed by atoms with Crippen molar-refractivity contribution in [1.29, 1.82) is 0 Å². The van der Waals surface area contributed by atoms with Crippen LogP contribution in [0, 0.1) is 19.7 Å². The van der Waals surface area contributed by atoms with E-state index in [0.717, 1.165) is 33.5 Å². The standard InChI is InChI=1S/C16H13FN2/c1-10-7-11(2)18-16(8-10)15-5-3-12-9-13(17)4-6-14(12)19-15/h3-9H,1-2H3. The molecule has 0 radical (unpaired) electrons. The molecule has 0 unspecified atom stereocenters. The first-order valence-electron chi connectivity index (χ1n) is 6.14. The second-order valence-corrected chi connectivity index (χ2v) is 4.70. The van der Waals surface area contributed by atoms with Crippen LogP contribution in [-0.2, 0) is 0 Å². The molecule has 0 fully saturated rings. The second kappa shape index (κ2) is 4.43. The second-order valence-electron chi connectivity index (χ2n) is 4.70. The van der Waals surface area contributed by atoms with Crippen LogP contribution in [0.2, 0.25) is 0 Å². The Balaban J connectivity index is 2.17. The molecule has 2 heterocycles. The van der Waals surface area contributed by atoms with Gasteiger partial charge in [0.2, 0.25) is 0 Å². The van der Waals surface area contributed by atoms with E-state index in [9.17, 15) is 4.39 Å². The Morgan fingerprint density at radius 2 is 1.68 bits per heavy atom. The lowest BCUT2D eigenvalue weighted by atomic mass is 10.1. The Bertz CT molecular complexity index is 746. The van der Waals surface area contributed by atoms with Crippen molar-refractivity contribution < 1.29 is 4.39 Å². The molecule has 0 atom stereocenters. The average Bonchev–Trinajstić information content (AvgIpc) is 2.37. The number of nitrogens with zero attached hydrogens (tertiary/aromatic N) is 2. The molecule has 3 rings (SSSR count). The lowest BCUT2D eigenvalue weighted by Crippen LogP contribution is -1.92. The van der Waals surface area contributed by atoms with Crippen molar-refractivity contribution in [2.24, 2.45) is 0 Å². The molecule has 0 bridgehead atoms. The van der Waals surface area contributed by atoms with Crippen LogP contribution in [0.3, 0.4) is 0 Å². The van der Waals surface area contributed by atoms with Gasteiger partial charge in [0.25, 0.3) is 0 Å². The highest BCUT2D eigenvalue weighted by molar-refractivity contribution is 5.81. The molecular formula is C16H13FN2. The zero-order valence-corrected chi connectivity index (χ0v) is 10.8. The molecule has 0 saturated carbocycles. The van der Waals surface area contributed by atoms with Crippen molar-refractivity contribution in [3.05, 3.63) is 59.5 Å². The summed E-state index contributed by atoms with van der Waals surface area (Å²) in [5.74, 6) is -0.244. The smallest absolute Gasteiger partial charge is 0.123 e. The third-order valence-corrected chi connectivity index (χ3v) is 3.01. The summed E-state index contributed by atoms with van der Waals surface area (Å²) in [5, 5.41) is 0.799. The summed E-state index contributed by atoms with van der Waals surface area (Å²) in [6.07, 6.45) is 0. The van der Waals surface area contributed by atoms with Gasteiger partial charge in [0, 0.05) is 11.1 Å². The fourth-order valence-corrected chi connectivity index (χ4v) is 2.21. The monoisotopic (exact) mass is 252 g/mol. The minimum Gasteiger partial charge on any atom is -0.251 e. The molecule has 3 heteroatoms. The zero-order chi connectivity index (χ0) is 13.4. The fraction of sp³-hybridized carbons (Fsp3) is 0.125. The van der Waals surface area contributed by atoms with Gasteiger partial charge in [-0.1, -0.05) is 6.07 Å². The maximum Gasteiger partial charge on any atom is 0.123 e. The summed E-state index contributed by atoms with van der Waals surface area (Å²) in [4.78, 5) is 9.03. The highest BCUT2D eigenvalue weighted by atomic mass is 19.1. The van der Waals surface area contributed by atoms with Crippen molar-refractivity contribution in [1.82, 2.24) is 9.97 Å². The minimum atomic E-state index is -0.244. The van der Waals surface area contributed by atoms with Gasteiger partial charge in [-0.15, -0.1) is 0 Å². The molecule has 2 aromatic heterocycles. The molecule has 0 saturated heterocycles. The molecule has 2 nitrogen and oxygen atoms in total. The number of aryl methyl sites for hydroxylation is 2. The Morgan fingerprint density at radius 1 is 0.842 bits per heavy atom. The molecule has 0 spiro atoms. The quantitative estimate of drug-likeness (QED) is 0.653. The lowest BCUT2D eigenvalue weighted by molar-refractivity contribution is 0.629. The van der Waals surface area contributed by atoms with E-state index in [4.69, 9.17) is 0 Å². The average molecular weight is 252 g/mol. The van der Waals surface area contributed by atoms with Gasteiger partial charge in [-0.25, -0.2) is 9.37 Å². The van der Waals surface area contributed by atoms with Gasteiger partial charge in [-0.05, 0) is 55.8 Å². The van der Waals surface area contributed by atoms with Crippen molar-refractivity contribution in [3.63, 3.8) is 0 Å². The number of aromatic nitrogens is 2. The third-order valence-electron chi connectivity index (χ3n) is 3.01. The molecule has 0 amide bonds. The number of hydrogen-bond donors (Lipinski definition) is 0. The molecule has 0 N–H and O–H groups in total. The van der Waals surface area contributed by atoms with E-state index < -0.39 is 0 Å². The largest absolute Gasteiger partial charge is 0.251 e. The summed E-state index contributed by atoms with van der Waals surface area (Å²) >= 11 is 0. The maximum absolute atomic E-state index is 13.1. The first-order valence-corrected chi connectivity index (χ1v) is 6.14. The molecule has 0 aliphatic heterocycles. The molecular weight excluding hydrogens is 239 g/mol. The van der Waals surface area contributed by atoms with Crippen LogP contribution in [-0.4, -0.2) is 9.97 Å². The van der Waals surface area contributed by atoms with Crippen molar-refractivity contribution >= 4 is 10.9 Å². The first kappa shape index (κ1) is 11.8. The molecule has 0 aliphatic rings. The Hall–Kier alpha value is -2.29. The van der Waals surface area contributed by atoms with Crippen LogP contribution in [0.5, 0.6) is 0 Å². The van der Waals surface area contributed by atoms with Gasteiger partial charge >= 0.3 is 0 Å². The van der Waals surface area contributed by atoms with Crippen LogP contribution in [0.4, 0.5) is 4.39 Å². The Labute approximate surface area is 111 Å². The summed E-state index contributed by atoms with van der Waals surface area (Å²) in [7, 11) is 0. The Morgan fingerprint density at radius 3 is 2.47 bits per heavy atom. The summed E-state index contributed by atoms with van der Waals surface area (Å²) in [6, 6.07) is 12.4. The maximum atomic E-state index is 13.1. The number of benzene rings is 1. The van der Waals surface area contributed by atoms with Crippen LogP contribution in [0.25, 0.3) is 22.3 Å². The van der Waals surface area contributed by atoms with E-state index >= 15 is 0 Å². The van der Waals surface area contributed by atoms with Crippen LogP contribution in [0.1, 0.15) is 11.3 Å². The zero-order valence-electron chi connectivity index (χ0n) is 10.8. The third kappa shape index (κ3) is 2.32. The van der Waals surface area contributed by atoms with E-state index in [0.29, 0.717) is 0 Å². The predicted molar refractivity (Wildman–Crippen MR) is 74.4 cm³/mol. The van der Waals surface area contributed by atoms with E-state index in [1.165, 1.54) is 12.1 Å². The van der Waals surface area contributed by atoms with Crippen LogP contribution in [0.15, 0.2) is 42.5 Å². The normalized spacial score (nSPS) is 10.9. The van der Waals surface area contributed by atoms with Gasteiger partial charge in [0.15, 0.2) is 0 Å². The van der Waals surface area contributed by atoms with Gasteiger partial charge in [-0.3, -0.25) is 4.98 Å². The molecule has 1 aromatic carbocycles. The van der Waals surface area contributed by atoms with Gasteiger partial charge < -0.3 is 0 Å².